The first-order valence-electron chi connectivity index (χ1n) is 6.46. The van der Waals surface area contributed by atoms with E-state index in [-0.39, 0.29) is 11.8 Å². The van der Waals surface area contributed by atoms with Gasteiger partial charge in [0.05, 0.1) is 10.6 Å². The largest absolute Gasteiger partial charge is 0.328 e. The quantitative estimate of drug-likeness (QED) is 0.914. The van der Waals surface area contributed by atoms with Crippen LogP contribution in [-0.2, 0) is 9.84 Å². The average Bonchev–Trinajstić information content (AvgIpc) is 2.37. The standard InChI is InChI=1S/C15H19NO2S/c1-12(16)5-4-10-19(17,18)15-9-8-13-6-2-3-7-14(13)11-15/h2-3,6-9,11-12H,4-5,10,16H2,1H3. The highest BCUT2D eigenvalue weighted by Crippen LogP contribution is 2.20. The first kappa shape index (κ1) is 14.0. The van der Waals surface area contributed by atoms with E-state index in [4.69, 9.17) is 5.73 Å². The van der Waals surface area contributed by atoms with Crippen LogP contribution in [0.15, 0.2) is 47.4 Å². The molecule has 19 heavy (non-hydrogen) atoms. The summed E-state index contributed by atoms with van der Waals surface area (Å²) in [5.74, 6) is 0.160. The Morgan fingerprint density at radius 2 is 1.79 bits per heavy atom. The van der Waals surface area contributed by atoms with Crippen molar-refractivity contribution in [1.29, 1.82) is 0 Å². The Bertz CT molecular complexity index is 663. The minimum atomic E-state index is -3.20. The number of fused-ring (bicyclic) bond motifs is 1. The molecule has 0 aliphatic heterocycles. The van der Waals surface area contributed by atoms with Crippen molar-refractivity contribution in [3.63, 3.8) is 0 Å². The van der Waals surface area contributed by atoms with Crippen LogP contribution in [0.5, 0.6) is 0 Å². The fourth-order valence-corrected chi connectivity index (χ4v) is 3.44. The number of benzene rings is 2. The van der Waals surface area contributed by atoms with E-state index in [0.717, 1.165) is 17.2 Å². The van der Waals surface area contributed by atoms with Crippen molar-refractivity contribution in [3.8, 4) is 0 Å². The summed E-state index contributed by atoms with van der Waals surface area (Å²) in [6.45, 7) is 1.89. The van der Waals surface area contributed by atoms with Gasteiger partial charge in [0.25, 0.3) is 0 Å². The van der Waals surface area contributed by atoms with Gasteiger partial charge in [0.1, 0.15) is 0 Å². The van der Waals surface area contributed by atoms with Gasteiger partial charge in [-0.2, -0.15) is 0 Å². The Morgan fingerprint density at radius 1 is 1.11 bits per heavy atom. The van der Waals surface area contributed by atoms with Gasteiger partial charge in [-0.1, -0.05) is 30.3 Å². The zero-order valence-electron chi connectivity index (χ0n) is 11.0. The molecular weight excluding hydrogens is 258 g/mol. The zero-order chi connectivity index (χ0) is 13.9. The summed E-state index contributed by atoms with van der Waals surface area (Å²) in [6, 6.07) is 13.1. The lowest BCUT2D eigenvalue weighted by atomic mass is 10.1. The van der Waals surface area contributed by atoms with Crippen LogP contribution in [0.4, 0.5) is 0 Å². The summed E-state index contributed by atoms with van der Waals surface area (Å²) in [7, 11) is -3.20. The molecule has 0 heterocycles. The molecule has 0 spiro atoms. The zero-order valence-corrected chi connectivity index (χ0v) is 11.9. The minimum absolute atomic E-state index is 0.0480. The molecule has 102 valence electrons. The summed E-state index contributed by atoms with van der Waals surface area (Å²) in [5, 5.41) is 2.01. The molecule has 0 bridgehead atoms. The lowest BCUT2D eigenvalue weighted by Crippen LogP contribution is -2.16. The van der Waals surface area contributed by atoms with E-state index in [1.54, 1.807) is 12.1 Å². The van der Waals surface area contributed by atoms with E-state index in [0.29, 0.717) is 11.3 Å². The number of rotatable bonds is 5. The number of nitrogens with two attached hydrogens (primary N) is 1. The summed E-state index contributed by atoms with van der Waals surface area (Å²) in [5.41, 5.74) is 5.64. The van der Waals surface area contributed by atoms with Gasteiger partial charge in [0.2, 0.25) is 0 Å². The van der Waals surface area contributed by atoms with Crippen molar-refractivity contribution in [1.82, 2.24) is 0 Å². The van der Waals surface area contributed by atoms with Crippen LogP contribution in [0.2, 0.25) is 0 Å². The van der Waals surface area contributed by atoms with Crippen molar-refractivity contribution in [2.24, 2.45) is 5.73 Å². The maximum Gasteiger partial charge on any atom is 0.178 e. The highest BCUT2D eigenvalue weighted by Gasteiger charge is 2.14. The van der Waals surface area contributed by atoms with Crippen LogP contribution in [0.1, 0.15) is 19.8 Å². The van der Waals surface area contributed by atoms with Gasteiger partial charge < -0.3 is 5.73 Å². The van der Waals surface area contributed by atoms with Crippen LogP contribution >= 0.6 is 0 Å². The summed E-state index contributed by atoms with van der Waals surface area (Å²) in [4.78, 5) is 0.399. The first-order chi connectivity index (χ1) is 8.99. The molecule has 0 saturated heterocycles. The fraction of sp³-hybridized carbons (Fsp3) is 0.333. The summed E-state index contributed by atoms with van der Waals surface area (Å²) < 4.78 is 24.4. The fourth-order valence-electron chi connectivity index (χ4n) is 2.07. The predicted molar refractivity (Wildman–Crippen MR) is 78.9 cm³/mol. The molecule has 0 aliphatic carbocycles. The Kier molecular flexibility index (Phi) is 4.22. The molecule has 0 aromatic heterocycles. The van der Waals surface area contributed by atoms with Gasteiger partial charge in [-0.15, -0.1) is 0 Å². The summed E-state index contributed by atoms with van der Waals surface area (Å²) in [6.07, 6.45) is 1.33. The number of hydrogen-bond acceptors (Lipinski definition) is 3. The lowest BCUT2D eigenvalue weighted by Gasteiger charge is -2.07. The van der Waals surface area contributed by atoms with Gasteiger partial charge in [0, 0.05) is 6.04 Å². The Balaban J connectivity index is 2.22. The smallest absolute Gasteiger partial charge is 0.178 e. The number of sulfone groups is 1. The van der Waals surface area contributed by atoms with Crippen LogP contribution < -0.4 is 5.73 Å². The van der Waals surface area contributed by atoms with Gasteiger partial charge in [-0.3, -0.25) is 0 Å². The van der Waals surface area contributed by atoms with Crippen LogP contribution in [-0.4, -0.2) is 20.2 Å². The van der Waals surface area contributed by atoms with Crippen molar-refractivity contribution >= 4 is 20.6 Å². The van der Waals surface area contributed by atoms with Gasteiger partial charge in [0.15, 0.2) is 9.84 Å². The van der Waals surface area contributed by atoms with Crippen LogP contribution in [0.3, 0.4) is 0 Å². The highest BCUT2D eigenvalue weighted by molar-refractivity contribution is 7.91. The first-order valence-corrected chi connectivity index (χ1v) is 8.11. The molecule has 0 amide bonds. The van der Waals surface area contributed by atoms with Crippen LogP contribution in [0.25, 0.3) is 10.8 Å². The van der Waals surface area contributed by atoms with E-state index in [1.807, 2.05) is 37.3 Å². The number of hydrogen-bond donors (Lipinski definition) is 1. The second kappa shape index (κ2) is 5.72. The monoisotopic (exact) mass is 277 g/mol. The van der Waals surface area contributed by atoms with Crippen molar-refractivity contribution in [3.05, 3.63) is 42.5 Å². The second-order valence-electron chi connectivity index (χ2n) is 4.95. The van der Waals surface area contributed by atoms with E-state index in [1.165, 1.54) is 0 Å². The highest BCUT2D eigenvalue weighted by atomic mass is 32.2. The average molecular weight is 277 g/mol. The van der Waals surface area contributed by atoms with E-state index < -0.39 is 9.84 Å². The topological polar surface area (TPSA) is 60.2 Å². The Labute approximate surface area is 114 Å². The second-order valence-corrected chi connectivity index (χ2v) is 7.06. The molecule has 1 unspecified atom stereocenters. The minimum Gasteiger partial charge on any atom is -0.328 e. The molecule has 0 radical (unpaired) electrons. The molecule has 2 aromatic carbocycles. The Morgan fingerprint density at radius 3 is 2.47 bits per heavy atom. The molecule has 0 fully saturated rings. The van der Waals surface area contributed by atoms with Gasteiger partial charge in [-0.05, 0) is 42.7 Å². The van der Waals surface area contributed by atoms with Gasteiger partial charge >= 0.3 is 0 Å². The predicted octanol–water partition coefficient (Wildman–Crippen LogP) is 2.74. The maximum absolute atomic E-state index is 12.2. The van der Waals surface area contributed by atoms with Crippen molar-refractivity contribution in [2.45, 2.75) is 30.7 Å². The third-order valence-corrected chi connectivity index (χ3v) is 4.95. The molecule has 1 atom stereocenters. The lowest BCUT2D eigenvalue weighted by molar-refractivity contribution is 0.585. The molecule has 0 saturated carbocycles. The third-order valence-electron chi connectivity index (χ3n) is 3.15. The normalized spacial score (nSPS) is 13.6. The molecular formula is C15H19NO2S. The van der Waals surface area contributed by atoms with E-state index in [9.17, 15) is 8.42 Å². The molecule has 2 N–H and O–H groups in total. The van der Waals surface area contributed by atoms with Crippen LogP contribution in [0, 0.1) is 0 Å². The SMILES string of the molecule is CC(N)CCCS(=O)(=O)c1ccc2ccccc2c1. The molecule has 4 heteroatoms. The van der Waals surface area contributed by atoms with Crippen molar-refractivity contribution < 1.29 is 8.42 Å². The van der Waals surface area contributed by atoms with E-state index in [2.05, 4.69) is 0 Å². The van der Waals surface area contributed by atoms with Gasteiger partial charge in [-0.25, -0.2) is 8.42 Å². The maximum atomic E-state index is 12.2. The molecule has 2 rings (SSSR count). The molecule has 0 aliphatic rings. The molecule has 2 aromatic rings. The van der Waals surface area contributed by atoms with E-state index >= 15 is 0 Å². The third kappa shape index (κ3) is 3.55. The summed E-state index contributed by atoms with van der Waals surface area (Å²) >= 11 is 0. The molecule has 3 nitrogen and oxygen atoms in total. The van der Waals surface area contributed by atoms with Crippen molar-refractivity contribution in [2.75, 3.05) is 5.75 Å². The Hall–Kier alpha value is -1.39.